The van der Waals surface area contributed by atoms with Crippen molar-refractivity contribution in [1.82, 2.24) is 15.5 Å². The number of nitrogens with zero attached hydrogens (tertiary/aromatic N) is 1. The minimum atomic E-state index is -0.243. The van der Waals surface area contributed by atoms with Crippen LogP contribution in [0, 0.1) is 5.92 Å². The zero-order valence-corrected chi connectivity index (χ0v) is 10.7. The summed E-state index contributed by atoms with van der Waals surface area (Å²) in [5.41, 5.74) is 0.979. The van der Waals surface area contributed by atoms with E-state index in [0.717, 1.165) is 6.42 Å². The highest BCUT2D eigenvalue weighted by molar-refractivity contribution is 5.93. The van der Waals surface area contributed by atoms with Gasteiger partial charge in [0, 0.05) is 24.6 Å². The predicted octanol–water partition coefficient (Wildman–Crippen LogP) is 1.34. The molecule has 0 spiro atoms. The Morgan fingerprint density at radius 3 is 3.15 bits per heavy atom. The van der Waals surface area contributed by atoms with Gasteiger partial charge in [0.15, 0.2) is 11.5 Å². The van der Waals surface area contributed by atoms with E-state index in [0.29, 0.717) is 17.1 Å². The van der Waals surface area contributed by atoms with Crippen LogP contribution in [0.15, 0.2) is 41.0 Å². The van der Waals surface area contributed by atoms with Gasteiger partial charge in [-0.15, -0.1) is 0 Å². The van der Waals surface area contributed by atoms with Crippen LogP contribution in [0.1, 0.15) is 16.9 Å². The standard InChI is InChI=1S/C14H15N3O3/c18-8-9-3-4-10(6-9)15-14(19)12-7-11(16-17-12)13-2-1-5-20-13/h1-5,7,9-10,18H,6,8H2,(H,15,19)(H,16,17)/t9-,10+/m0/s1. The molecule has 0 aromatic carbocycles. The Balaban J connectivity index is 1.65. The van der Waals surface area contributed by atoms with Crippen LogP contribution in [-0.2, 0) is 0 Å². The second kappa shape index (κ2) is 5.34. The number of hydrogen-bond acceptors (Lipinski definition) is 4. The van der Waals surface area contributed by atoms with Crippen molar-refractivity contribution in [1.29, 1.82) is 0 Å². The fraction of sp³-hybridized carbons (Fsp3) is 0.286. The smallest absolute Gasteiger partial charge is 0.272 e. The summed E-state index contributed by atoms with van der Waals surface area (Å²) in [6.07, 6.45) is 6.11. The molecule has 20 heavy (non-hydrogen) atoms. The van der Waals surface area contributed by atoms with Crippen LogP contribution < -0.4 is 5.32 Å². The predicted molar refractivity (Wildman–Crippen MR) is 71.9 cm³/mol. The Morgan fingerprint density at radius 2 is 2.45 bits per heavy atom. The molecule has 0 saturated heterocycles. The van der Waals surface area contributed by atoms with Gasteiger partial charge in [0.05, 0.1) is 6.26 Å². The zero-order valence-electron chi connectivity index (χ0n) is 10.7. The maximum atomic E-state index is 12.1. The average molecular weight is 273 g/mol. The van der Waals surface area contributed by atoms with E-state index < -0.39 is 0 Å². The summed E-state index contributed by atoms with van der Waals surface area (Å²) < 4.78 is 5.23. The third kappa shape index (κ3) is 2.50. The Hall–Kier alpha value is -2.34. The fourth-order valence-electron chi connectivity index (χ4n) is 2.26. The Bertz CT molecular complexity index is 615. The molecule has 1 amide bonds. The van der Waals surface area contributed by atoms with Gasteiger partial charge in [-0.2, -0.15) is 5.10 Å². The molecule has 0 aliphatic heterocycles. The van der Waals surface area contributed by atoms with Crippen molar-refractivity contribution in [2.45, 2.75) is 12.5 Å². The minimum Gasteiger partial charge on any atom is -0.463 e. The van der Waals surface area contributed by atoms with E-state index in [9.17, 15) is 4.79 Å². The number of carbonyl (C=O) groups is 1. The second-order valence-electron chi connectivity index (χ2n) is 4.79. The van der Waals surface area contributed by atoms with Crippen molar-refractivity contribution in [3.63, 3.8) is 0 Å². The van der Waals surface area contributed by atoms with Crippen molar-refractivity contribution < 1.29 is 14.3 Å². The van der Waals surface area contributed by atoms with Gasteiger partial charge < -0.3 is 14.8 Å². The maximum Gasteiger partial charge on any atom is 0.272 e. The van der Waals surface area contributed by atoms with E-state index >= 15 is 0 Å². The molecule has 0 radical (unpaired) electrons. The van der Waals surface area contributed by atoms with Crippen LogP contribution in [0.2, 0.25) is 0 Å². The molecule has 0 bridgehead atoms. The SMILES string of the molecule is O=C(N[C@@H]1C=C[C@H](CO)C1)c1cc(-c2ccco2)[nH]n1. The lowest BCUT2D eigenvalue weighted by Crippen LogP contribution is -2.33. The average Bonchev–Trinajstić information content (AvgIpc) is 3.19. The first-order chi connectivity index (χ1) is 9.76. The minimum absolute atomic E-state index is 0.0524. The van der Waals surface area contributed by atoms with Gasteiger partial charge >= 0.3 is 0 Å². The summed E-state index contributed by atoms with van der Waals surface area (Å²) in [5.74, 6) is 0.517. The molecule has 0 unspecified atom stereocenters. The summed E-state index contributed by atoms with van der Waals surface area (Å²) in [4.78, 5) is 12.1. The number of nitrogens with one attached hydrogen (secondary N) is 2. The van der Waals surface area contributed by atoms with Gasteiger partial charge in [0.2, 0.25) is 0 Å². The maximum absolute atomic E-state index is 12.1. The van der Waals surface area contributed by atoms with E-state index in [4.69, 9.17) is 9.52 Å². The lowest BCUT2D eigenvalue weighted by atomic mass is 10.1. The second-order valence-corrected chi connectivity index (χ2v) is 4.79. The Labute approximate surface area is 115 Å². The van der Waals surface area contributed by atoms with Gasteiger partial charge in [0.1, 0.15) is 5.69 Å². The first-order valence-corrected chi connectivity index (χ1v) is 6.45. The van der Waals surface area contributed by atoms with Crippen molar-refractivity contribution >= 4 is 5.91 Å². The summed E-state index contributed by atoms with van der Waals surface area (Å²) in [5, 5.41) is 18.7. The third-order valence-electron chi connectivity index (χ3n) is 3.32. The van der Waals surface area contributed by atoms with Crippen molar-refractivity contribution in [2.75, 3.05) is 6.61 Å². The molecule has 0 fully saturated rings. The van der Waals surface area contributed by atoms with Gasteiger partial charge in [-0.25, -0.2) is 0 Å². The number of carbonyl (C=O) groups excluding carboxylic acids is 1. The largest absolute Gasteiger partial charge is 0.463 e. The molecule has 104 valence electrons. The van der Waals surface area contributed by atoms with E-state index in [1.165, 1.54) is 0 Å². The molecule has 3 N–H and O–H groups in total. The number of aliphatic hydroxyl groups is 1. The van der Waals surface area contributed by atoms with Crippen molar-refractivity contribution in [3.8, 4) is 11.5 Å². The molecule has 2 aromatic rings. The molecule has 2 aromatic heterocycles. The molecule has 2 atom stereocenters. The number of hydrogen-bond donors (Lipinski definition) is 3. The molecular weight excluding hydrogens is 258 g/mol. The van der Waals surface area contributed by atoms with E-state index in [1.807, 2.05) is 12.2 Å². The first kappa shape index (κ1) is 12.7. The molecule has 1 aliphatic carbocycles. The first-order valence-electron chi connectivity index (χ1n) is 6.45. The van der Waals surface area contributed by atoms with Gasteiger partial charge in [-0.3, -0.25) is 9.89 Å². The molecule has 0 saturated carbocycles. The zero-order chi connectivity index (χ0) is 13.9. The van der Waals surface area contributed by atoms with E-state index in [-0.39, 0.29) is 24.5 Å². The third-order valence-corrected chi connectivity index (χ3v) is 3.32. The lowest BCUT2D eigenvalue weighted by Gasteiger charge is -2.11. The lowest BCUT2D eigenvalue weighted by molar-refractivity contribution is 0.0936. The topological polar surface area (TPSA) is 91.1 Å². The number of amides is 1. The molecule has 6 heteroatoms. The van der Waals surface area contributed by atoms with Gasteiger partial charge in [0.25, 0.3) is 5.91 Å². The number of rotatable bonds is 4. The van der Waals surface area contributed by atoms with Gasteiger partial charge in [-0.05, 0) is 18.6 Å². The summed E-state index contributed by atoms with van der Waals surface area (Å²) in [6, 6.07) is 5.16. The number of furan rings is 1. The summed E-state index contributed by atoms with van der Waals surface area (Å²) in [7, 11) is 0. The number of aromatic nitrogens is 2. The van der Waals surface area contributed by atoms with Crippen LogP contribution in [0.3, 0.4) is 0 Å². The highest BCUT2D eigenvalue weighted by atomic mass is 16.3. The molecular formula is C14H15N3O3. The van der Waals surface area contributed by atoms with Gasteiger partial charge in [-0.1, -0.05) is 12.2 Å². The van der Waals surface area contributed by atoms with Crippen LogP contribution in [0.5, 0.6) is 0 Å². The van der Waals surface area contributed by atoms with Crippen molar-refractivity contribution in [3.05, 3.63) is 42.3 Å². The van der Waals surface area contributed by atoms with E-state index in [1.54, 1.807) is 24.5 Å². The highest BCUT2D eigenvalue weighted by Gasteiger charge is 2.21. The monoisotopic (exact) mass is 273 g/mol. The normalized spacial score (nSPS) is 21.2. The van der Waals surface area contributed by atoms with Crippen LogP contribution in [0.4, 0.5) is 0 Å². The molecule has 6 nitrogen and oxygen atoms in total. The number of aromatic amines is 1. The molecule has 1 aliphatic rings. The quantitative estimate of drug-likeness (QED) is 0.733. The van der Waals surface area contributed by atoms with Crippen molar-refractivity contribution in [2.24, 2.45) is 5.92 Å². The number of H-pyrrole nitrogens is 1. The Morgan fingerprint density at radius 1 is 1.55 bits per heavy atom. The summed E-state index contributed by atoms with van der Waals surface area (Å²) in [6.45, 7) is 0.105. The van der Waals surface area contributed by atoms with Crippen LogP contribution >= 0.6 is 0 Å². The summed E-state index contributed by atoms with van der Waals surface area (Å²) >= 11 is 0. The number of aliphatic hydroxyl groups excluding tert-OH is 1. The fourth-order valence-corrected chi connectivity index (χ4v) is 2.26. The molecule has 3 rings (SSSR count). The highest BCUT2D eigenvalue weighted by Crippen LogP contribution is 2.19. The Kier molecular flexibility index (Phi) is 3.39. The molecule has 2 heterocycles. The van der Waals surface area contributed by atoms with E-state index in [2.05, 4.69) is 15.5 Å². The van der Waals surface area contributed by atoms with Crippen LogP contribution in [-0.4, -0.2) is 33.9 Å². The van der Waals surface area contributed by atoms with Crippen LogP contribution in [0.25, 0.3) is 11.5 Å².